The molecular formula is C24H20N2O2. The Bertz CT molecular complexity index is 966. The fourth-order valence-electron chi connectivity index (χ4n) is 2.80. The molecule has 0 unspecified atom stereocenters. The lowest BCUT2D eigenvalue weighted by Gasteiger charge is -2.10. The molecule has 0 amide bonds. The lowest BCUT2D eigenvalue weighted by Crippen LogP contribution is -2.08. The van der Waals surface area contributed by atoms with Gasteiger partial charge in [0.2, 0.25) is 0 Å². The largest absolute Gasteiger partial charge is 0.398 e. The van der Waals surface area contributed by atoms with Gasteiger partial charge in [-0.1, -0.05) is 84.9 Å². The smallest absolute Gasteiger partial charge is 0.187 e. The normalized spacial score (nSPS) is 11.9. The van der Waals surface area contributed by atoms with Crippen LogP contribution in [0.2, 0.25) is 0 Å². The Hall–Kier alpha value is -3.92. The van der Waals surface area contributed by atoms with Crippen LogP contribution in [0.3, 0.4) is 0 Å². The molecule has 4 N–H and O–H groups in total. The second-order valence-corrected chi connectivity index (χ2v) is 6.21. The first-order valence-electron chi connectivity index (χ1n) is 8.79. The second-order valence-electron chi connectivity index (χ2n) is 6.21. The van der Waals surface area contributed by atoms with Gasteiger partial charge in [-0.3, -0.25) is 9.59 Å². The number of nitrogens with two attached hydrogens (primary N) is 2. The third-order valence-corrected chi connectivity index (χ3v) is 4.24. The lowest BCUT2D eigenvalue weighted by atomic mass is 9.99. The fourth-order valence-corrected chi connectivity index (χ4v) is 2.80. The van der Waals surface area contributed by atoms with Gasteiger partial charge < -0.3 is 11.5 Å². The van der Waals surface area contributed by atoms with Crippen molar-refractivity contribution >= 4 is 23.0 Å². The van der Waals surface area contributed by atoms with Gasteiger partial charge in [0.1, 0.15) is 0 Å². The zero-order chi connectivity index (χ0) is 19.9. The van der Waals surface area contributed by atoms with E-state index in [9.17, 15) is 9.59 Å². The third kappa shape index (κ3) is 4.43. The highest BCUT2D eigenvalue weighted by Crippen LogP contribution is 2.21. The first-order valence-corrected chi connectivity index (χ1v) is 8.79. The molecule has 0 fully saturated rings. The molecule has 0 spiro atoms. The molecule has 0 aliphatic carbocycles. The van der Waals surface area contributed by atoms with Crippen molar-refractivity contribution in [2.75, 3.05) is 0 Å². The molecule has 0 saturated carbocycles. The maximum Gasteiger partial charge on any atom is 0.187 e. The molecule has 4 heteroatoms. The van der Waals surface area contributed by atoms with Gasteiger partial charge in [0.25, 0.3) is 0 Å². The minimum absolute atomic E-state index is 0.198. The van der Waals surface area contributed by atoms with Crippen LogP contribution in [0.5, 0.6) is 0 Å². The van der Waals surface area contributed by atoms with Gasteiger partial charge in [0, 0.05) is 45.8 Å². The van der Waals surface area contributed by atoms with E-state index in [1.165, 1.54) is 12.2 Å². The first-order chi connectivity index (χ1) is 13.6. The molecule has 0 aliphatic rings. The molecule has 4 nitrogen and oxygen atoms in total. The van der Waals surface area contributed by atoms with E-state index < -0.39 is 0 Å². The van der Waals surface area contributed by atoms with E-state index in [2.05, 4.69) is 0 Å². The quantitative estimate of drug-likeness (QED) is 0.508. The molecule has 0 saturated heterocycles. The van der Waals surface area contributed by atoms with Crippen molar-refractivity contribution in [1.82, 2.24) is 0 Å². The van der Waals surface area contributed by atoms with E-state index in [1.807, 2.05) is 12.1 Å². The lowest BCUT2D eigenvalue weighted by molar-refractivity contribution is 0.103. The molecule has 0 heterocycles. The van der Waals surface area contributed by atoms with Crippen LogP contribution < -0.4 is 11.5 Å². The van der Waals surface area contributed by atoms with E-state index in [1.54, 1.807) is 72.8 Å². The van der Waals surface area contributed by atoms with Gasteiger partial charge in [0.15, 0.2) is 11.6 Å². The Morgan fingerprint density at radius 1 is 0.536 bits per heavy atom. The Kier molecular flexibility index (Phi) is 5.82. The summed E-state index contributed by atoms with van der Waals surface area (Å²) in [6.45, 7) is 0. The molecule has 0 radical (unpaired) electrons. The van der Waals surface area contributed by atoms with E-state index in [0.717, 1.165) is 0 Å². The summed E-state index contributed by atoms with van der Waals surface area (Å²) in [5, 5.41) is 0. The highest BCUT2D eigenvalue weighted by molar-refractivity contribution is 6.10. The third-order valence-electron chi connectivity index (χ3n) is 4.24. The van der Waals surface area contributed by atoms with E-state index in [4.69, 9.17) is 11.5 Å². The van der Waals surface area contributed by atoms with Crippen LogP contribution >= 0.6 is 0 Å². The fraction of sp³-hybridized carbons (Fsp3) is 0. The van der Waals surface area contributed by atoms with Crippen LogP contribution in [0, 0.1) is 0 Å². The van der Waals surface area contributed by atoms with Gasteiger partial charge in [-0.2, -0.15) is 0 Å². The second kappa shape index (κ2) is 8.64. The summed E-state index contributed by atoms with van der Waals surface area (Å²) in [6, 6.07) is 24.9. The first kappa shape index (κ1) is 18.9. The monoisotopic (exact) mass is 368 g/mol. The van der Waals surface area contributed by atoms with E-state index in [0.29, 0.717) is 22.3 Å². The van der Waals surface area contributed by atoms with Gasteiger partial charge in [0.05, 0.1) is 0 Å². The Labute approximate surface area is 163 Å². The minimum atomic E-state index is -0.198. The van der Waals surface area contributed by atoms with Crippen molar-refractivity contribution in [3.63, 3.8) is 0 Å². The van der Waals surface area contributed by atoms with Crippen LogP contribution in [-0.4, -0.2) is 11.6 Å². The highest BCUT2D eigenvalue weighted by atomic mass is 16.1. The van der Waals surface area contributed by atoms with Crippen molar-refractivity contribution in [2.45, 2.75) is 0 Å². The Morgan fingerprint density at radius 2 is 0.857 bits per heavy atom. The average molecular weight is 368 g/mol. The SMILES string of the molecule is NC(=CC(=O)c1ccccc1)c1ccccc1C(N)=CC(=O)c1ccccc1. The summed E-state index contributed by atoms with van der Waals surface area (Å²) in [7, 11) is 0. The summed E-state index contributed by atoms with van der Waals surface area (Å²) in [5.74, 6) is -0.397. The van der Waals surface area contributed by atoms with Crippen molar-refractivity contribution in [3.8, 4) is 0 Å². The molecule has 138 valence electrons. The summed E-state index contributed by atoms with van der Waals surface area (Å²) >= 11 is 0. The summed E-state index contributed by atoms with van der Waals surface area (Å²) in [5.41, 5.74) is 15.2. The number of ketones is 2. The molecule has 3 rings (SSSR count). The predicted octanol–water partition coefficient (Wildman–Crippen LogP) is 4.05. The number of hydrogen-bond acceptors (Lipinski definition) is 4. The zero-order valence-corrected chi connectivity index (χ0v) is 15.2. The maximum atomic E-state index is 12.4. The molecular weight excluding hydrogens is 348 g/mol. The molecule has 28 heavy (non-hydrogen) atoms. The molecule has 0 atom stereocenters. The van der Waals surface area contributed by atoms with Gasteiger partial charge >= 0.3 is 0 Å². The zero-order valence-electron chi connectivity index (χ0n) is 15.2. The number of hydrogen-bond donors (Lipinski definition) is 2. The number of carbonyl (C=O) groups is 2. The number of rotatable bonds is 6. The van der Waals surface area contributed by atoms with Crippen molar-refractivity contribution < 1.29 is 9.59 Å². The van der Waals surface area contributed by atoms with Crippen molar-refractivity contribution in [1.29, 1.82) is 0 Å². The molecule has 0 bridgehead atoms. The minimum Gasteiger partial charge on any atom is -0.398 e. The number of allylic oxidation sites excluding steroid dienone is 2. The van der Waals surface area contributed by atoms with Crippen molar-refractivity contribution in [3.05, 3.63) is 119 Å². The Morgan fingerprint density at radius 3 is 1.21 bits per heavy atom. The molecule has 3 aromatic carbocycles. The van der Waals surface area contributed by atoms with Crippen LogP contribution in [0.4, 0.5) is 0 Å². The predicted molar refractivity (Wildman–Crippen MR) is 112 cm³/mol. The summed E-state index contributed by atoms with van der Waals surface area (Å²) in [6.07, 6.45) is 2.75. The standard InChI is InChI=1S/C24H20N2O2/c25-21(15-23(27)17-9-3-1-4-10-17)19-13-7-8-14-20(19)22(26)16-24(28)18-11-5-2-6-12-18/h1-16H,25-26H2. The van der Waals surface area contributed by atoms with E-state index in [-0.39, 0.29) is 23.0 Å². The molecule has 3 aromatic rings. The summed E-state index contributed by atoms with van der Waals surface area (Å²) < 4.78 is 0. The van der Waals surface area contributed by atoms with Crippen LogP contribution in [0.1, 0.15) is 31.8 Å². The van der Waals surface area contributed by atoms with Crippen LogP contribution in [-0.2, 0) is 0 Å². The van der Waals surface area contributed by atoms with Crippen LogP contribution in [0.25, 0.3) is 11.4 Å². The van der Waals surface area contributed by atoms with Gasteiger partial charge in [-0.25, -0.2) is 0 Å². The topological polar surface area (TPSA) is 86.2 Å². The highest BCUT2D eigenvalue weighted by Gasteiger charge is 2.11. The van der Waals surface area contributed by atoms with Crippen LogP contribution in [0.15, 0.2) is 97.1 Å². The van der Waals surface area contributed by atoms with Gasteiger partial charge in [-0.05, 0) is 0 Å². The molecule has 0 aliphatic heterocycles. The number of benzene rings is 3. The van der Waals surface area contributed by atoms with Crippen molar-refractivity contribution in [2.24, 2.45) is 11.5 Å². The van der Waals surface area contributed by atoms with Gasteiger partial charge in [-0.15, -0.1) is 0 Å². The molecule has 0 aromatic heterocycles. The Balaban J connectivity index is 1.92. The number of carbonyl (C=O) groups excluding carboxylic acids is 2. The maximum absolute atomic E-state index is 12.4. The summed E-state index contributed by atoms with van der Waals surface area (Å²) in [4.78, 5) is 24.8. The van der Waals surface area contributed by atoms with E-state index >= 15 is 0 Å². The average Bonchev–Trinajstić information content (AvgIpc) is 2.74.